The highest BCUT2D eigenvalue weighted by molar-refractivity contribution is 9.10. The number of nitrogens with two attached hydrogens (primary N) is 1. The van der Waals surface area contributed by atoms with Gasteiger partial charge in [-0.05, 0) is 47.1 Å². The van der Waals surface area contributed by atoms with E-state index in [1.807, 2.05) is 0 Å². The molecule has 0 saturated heterocycles. The number of aromatic nitrogens is 2. The molecule has 0 amide bonds. The fourth-order valence-corrected chi connectivity index (χ4v) is 3.52. The van der Waals surface area contributed by atoms with Gasteiger partial charge in [-0.15, -0.1) is 0 Å². The van der Waals surface area contributed by atoms with Gasteiger partial charge in [-0.3, -0.25) is 4.57 Å². The number of halogens is 1. The van der Waals surface area contributed by atoms with Gasteiger partial charge in [0.2, 0.25) is 16.0 Å². The van der Waals surface area contributed by atoms with Crippen LogP contribution in [-0.4, -0.2) is 36.2 Å². The summed E-state index contributed by atoms with van der Waals surface area (Å²) in [6, 6.07) is 5.71. The summed E-state index contributed by atoms with van der Waals surface area (Å²) < 4.78 is 39.5. The van der Waals surface area contributed by atoms with Crippen molar-refractivity contribution in [3.8, 4) is 0 Å². The molecule has 0 bridgehead atoms. The second-order valence-corrected chi connectivity index (χ2v) is 9.24. The van der Waals surface area contributed by atoms with Gasteiger partial charge in [-0.2, -0.15) is 4.98 Å². The van der Waals surface area contributed by atoms with E-state index in [0.717, 1.165) is 0 Å². The van der Waals surface area contributed by atoms with E-state index in [0.29, 0.717) is 10.2 Å². The van der Waals surface area contributed by atoms with E-state index in [1.54, 1.807) is 6.92 Å². The van der Waals surface area contributed by atoms with Crippen LogP contribution >= 0.6 is 23.5 Å². The fraction of sp³-hybridized carbons (Fsp3) is 0.231. The third-order valence-electron chi connectivity index (χ3n) is 2.96. The van der Waals surface area contributed by atoms with Crippen LogP contribution in [0.4, 0.5) is 17.5 Å². The van der Waals surface area contributed by atoms with Crippen molar-refractivity contribution in [2.75, 3.05) is 23.5 Å². The van der Waals surface area contributed by atoms with Gasteiger partial charge in [0.05, 0.1) is 16.0 Å². The molecule has 1 unspecified atom stereocenters. The van der Waals surface area contributed by atoms with Gasteiger partial charge >= 0.3 is 7.60 Å². The van der Waals surface area contributed by atoms with Crippen LogP contribution in [0.1, 0.15) is 6.92 Å². The standard InChI is InChI=1S/C13H17BrN5O5PS/c1-2-24-25(20,21)8-17-12-11(14)7-16-13(19-12)18-9-3-5-10(6-4-9)26(15,22)23/h3-7H,2,8H2,1H3,(H,20,21)(H2,15,22,23)(H2,16,17,18,19). The number of sulfonamides is 1. The van der Waals surface area contributed by atoms with E-state index >= 15 is 0 Å². The van der Waals surface area contributed by atoms with Crippen molar-refractivity contribution in [3.63, 3.8) is 0 Å². The minimum absolute atomic E-state index is 0.0169. The number of benzene rings is 1. The van der Waals surface area contributed by atoms with E-state index in [2.05, 4.69) is 36.5 Å². The summed E-state index contributed by atoms with van der Waals surface area (Å²) in [5, 5.41) is 10.7. The Morgan fingerprint density at radius 1 is 1.35 bits per heavy atom. The molecular weight excluding hydrogens is 449 g/mol. The molecule has 10 nitrogen and oxygen atoms in total. The van der Waals surface area contributed by atoms with Crippen molar-refractivity contribution in [2.45, 2.75) is 11.8 Å². The zero-order chi connectivity index (χ0) is 19.4. The Hall–Kier alpha value is -1.56. The number of nitrogens with one attached hydrogen (secondary N) is 2. The van der Waals surface area contributed by atoms with Crippen LogP contribution in [0.2, 0.25) is 0 Å². The lowest BCUT2D eigenvalue weighted by Gasteiger charge is -2.13. The molecule has 0 fully saturated rings. The topological polar surface area (TPSA) is 157 Å². The molecule has 1 atom stereocenters. The highest BCUT2D eigenvalue weighted by atomic mass is 79.9. The first kappa shape index (κ1) is 20.7. The maximum absolute atomic E-state index is 11.7. The Bertz CT molecular complexity index is 925. The largest absolute Gasteiger partial charge is 0.358 e. The quantitative estimate of drug-likeness (QED) is 0.429. The summed E-state index contributed by atoms with van der Waals surface area (Å²) in [7, 11) is -7.53. The van der Waals surface area contributed by atoms with Crippen LogP contribution in [0.5, 0.6) is 0 Å². The summed E-state index contributed by atoms with van der Waals surface area (Å²) in [6.07, 6.45) is 1.14. The van der Waals surface area contributed by atoms with Gasteiger partial charge in [0.1, 0.15) is 12.1 Å². The Kier molecular flexibility index (Phi) is 6.72. The van der Waals surface area contributed by atoms with Crippen LogP contribution < -0.4 is 15.8 Å². The number of anilines is 3. The average Bonchev–Trinajstić information content (AvgIpc) is 2.55. The summed E-state index contributed by atoms with van der Waals surface area (Å²) in [4.78, 5) is 17.8. The molecular formula is C13H17BrN5O5PS. The molecule has 0 aliphatic heterocycles. The lowest BCUT2D eigenvalue weighted by Crippen LogP contribution is -2.12. The SMILES string of the molecule is CCOP(=O)(O)CNc1nc(Nc2ccc(S(N)(=O)=O)cc2)ncc1Br. The van der Waals surface area contributed by atoms with Crippen molar-refractivity contribution in [3.05, 3.63) is 34.9 Å². The molecule has 5 N–H and O–H groups in total. The predicted molar refractivity (Wildman–Crippen MR) is 101 cm³/mol. The minimum atomic E-state index is -3.77. The zero-order valence-electron chi connectivity index (χ0n) is 13.6. The van der Waals surface area contributed by atoms with Gasteiger partial charge in [-0.25, -0.2) is 18.5 Å². The number of hydrogen-bond acceptors (Lipinski definition) is 8. The molecule has 0 spiro atoms. The maximum atomic E-state index is 11.7. The van der Waals surface area contributed by atoms with Crippen LogP contribution in [0.25, 0.3) is 0 Å². The molecule has 1 heterocycles. The lowest BCUT2D eigenvalue weighted by atomic mass is 10.3. The van der Waals surface area contributed by atoms with Gasteiger partial charge in [0.15, 0.2) is 0 Å². The third-order valence-corrected chi connectivity index (χ3v) is 5.69. The molecule has 2 aromatic rings. The van der Waals surface area contributed by atoms with Crippen LogP contribution in [0.15, 0.2) is 39.8 Å². The Morgan fingerprint density at radius 3 is 2.58 bits per heavy atom. The monoisotopic (exact) mass is 465 g/mol. The van der Waals surface area contributed by atoms with Crippen molar-refractivity contribution in [2.24, 2.45) is 5.14 Å². The first-order valence-corrected chi connectivity index (χ1v) is 11.3. The first-order chi connectivity index (χ1) is 12.1. The summed E-state index contributed by atoms with van der Waals surface area (Å²) in [5.74, 6) is 0.487. The molecule has 0 aliphatic rings. The molecule has 26 heavy (non-hydrogen) atoms. The van der Waals surface area contributed by atoms with Crippen LogP contribution in [0, 0.1) is 0 Å². The van der Waals surface area contributed by atoms with Crippen molar-refractivity contribution >= 4 is 51.0 Å². The molecule has 1 aromatic heterocycles. The first-order valence-electron chi connectivity index (χ1n) is 7.23. The van der Waals surface area contributed by atoms with E-state index in [1.165, 1.54) is 30.5 Å². The smallest absolute Gasteiger partial charge is 0.347 e. The molecule has 142 valence electrons. The third kappa shape index (κ3) is 6.01. The average molecular weight is 466 g/mol. The molecule has 0 aliphatic carbocycles. The minimum Gasteiger partial charge on any atom is -0.358 e. The Labute approximate surface area is 158 Å². The molecule has 0 radical (unpaired) electrons. The lowest BCUT2D eigenvalue weighted by molar-refractivity contribution is 0.275. The van der Waals surface area contributed by atoms with Crippen LogP contribution in [-0.2, 0) is 19.1 Å². The Balaban J connectivity index is 2.12. The van der Waals surface area contributed by atoms with Gasteiger partial charge in [0.25, 0.3) is 0 Å². The number of rotatable bonds is 8. The molecule has 13 heteroatoms. The van der Waals surface area contributed by atoms with E-state index in [4.69, 9.17) is 9.66 Å². The number of primary sulfonamides is 1. The molecule has 0 saturated carbocycles. The van der Waals surface area contributed by atoms with E-state index in [9.17, 15) is 17.9 Å². The Morgan fingerprint density at radius 2 is 2.00 bits per heavy atom. The van der Waals surface area contributed by atoms with E-state index in [-0.39, 0.29) is 29.6 Å². The molecule has 2 rings (SSSR count). The van der Waals surface area contributed by atoms with Crippen molar-refractivity contribution in [1.82, 2.24) is 9.97 Å². The van der Waals surface area contributed by atoms with Crippen molar-refractivity contribution in [1.29, 1.82) is 0 Å². The number of hydrogen-bond donors (Lipinski definition) is 4. The highest BCUT2D eigenvalue weighted by Crippen LogP contribution is 2.41. The zero-order valence-corrected chi connectivity index (χ0v) is 16.9. The van der Waals surface area contributed by atoms with Crippen molar-refractivity contribution < 1.29 is 22.4 Å². The maximum Gasteiger partial charge on any atom is 0.347 e. The summed E-state index contributed by atoms with van der Waals surface area (Å²) in [5.41, 5.74) is 0.535. The van der Waals surface area contributed by atoms with Crippen LogP contribution in [0.3, 0.4) is 0 Å². The van der Waals surface area contributed by atoms with Gasteiger partial charge in [0, 0.05) is 11.9 Å². The van der Waals surface area contributed by atoms with Gasteiger partial charge in [-0.1, -0.05) is 0 Å². The highest BCUT2D eigenvalue weighted by Gasteiger charge is 2.19. The van der Waals surface area contributed by atoms with Gasteiger partial charge < -0.3 is 20.1 Å². The predicted octanol–water partition coefficient (Wildman–Crippen LogP) is 2.22. The summed E-state index contributed by atoms with van der Waals surface area (Å²) in [6.45, 7) is 1.73. The normalized spacial score (nSPS) is 13.8. The fourth-order valence-electron chi connectivity index (χ4n) is 1.83. The second kappa shape index (κ2) is 8.42. The number of nitrogens with zero attached hydrogens (tertiary/aromatic N) is 2. The molecule has 1 aromatic carbocycles. The van der Waals surface area contributed by atoms with E-state index < -0.39 is 17.6 Å². The summed E-state index contributed by atoms with van der Waals surface area (Å²) >= 11 is 3.25. The second-order valence-electron chi connectivity index (χ2n) is 4.97.